The zero-order valence-electron chi connectivity index (χ0n) is 10.1. The number of hydrogen-bond acceptors (Lipinski definition) is 6. The molecule has 0 amide bonds. The summed E-state index contributed by atoms with van der Waals surface area (Å²) in [5.74, 6) is -0.292. The zero-order valence-corrected chi connectivity index (χ0v) is 10.1. The van der Waals surface area contributed by atoms with Gasteiger partial charge in [0.25, 0.3) is 0 Å². The van der Waals surface area contributed by atoms with E-state index in [0.29, 0.717) is 5.69 Å². The second kappa shape index (κ2) is 6.07. The van der Waals surface area contributed by atoms with E-state index in [9.17, 15) is 4.39 Å². The molecule has 2 rings (SSSR count). The van der Waals surface area contributed by atoms with Gasteiger partial charge in [0, 0.05) is 17.5 Å². The number of anilines is 1. The summed E-state index contributed by atoms with van der Waals surface area (Å²) in [6.07, 6.45) is 1.36. The van der Waals surface area contributed by atoms with E-state index in [-0.39, 0.29) is 23.4 Å². The molecule has 1 aromatic heterocycles. The molecule has 0 saturated carbocycles. The van der Waals surface area contributed by atoms with Crippen molar-refractivity contribution in [3.8, 4) is 12.1 Å². The number of rotatable bonds is 4. The smallest absolute Gasteiger partial charge is 0.216 e. The highest BCUT2D eigenvalue weighted by Gasteiger charge is 2.06. The molecule has 1 aromatic carbocycles. The van der Waals surface area contributed by atoms with Gasteiger partial charge in [0.15, 0.2) is 0 Å². The number of halogens is 1. The van der Waals surface area contributed by atoms with Crippen LogP contribution in [0.15, 0.2) is 24.4 Å². The summed E-state index contributed by atoms with van der Waals surface area (Å²) >= 11 is 0. The molecular weight excluding hydrogens is 261 g/mol. The van der Waals surface area contributed by atoms with Crippen molar-refractivity contribution in [3.63, 3.8) is 0 Å². The van der Waals surface area contributed by atoms with Crippen LogP contribution in [0.4, 0.5) is 10.1 Å². The second-order valence-corrected chi connectivity index (χ2v) is 3.69. The van der Waals surface area contributed by atoms with Crippen LogP contribution in [0.25, 0.3) is 5.57 Å². The van der Waals surface area contributed by atoms with Gasteiger partial charge in [-0.25, -0.2) is 4.39 Å². The number of nitriles is 2. The molecule has 2 aromatic rings. The molecule has 7 nitrogen and oxygen atoms in total. The van der Waals surface area contributed by atoms with Crippen molar-refractivity contribution in [1.29, 1.82) is 10.5 Å². The molecule has 2 N–H and O–H groups in total. The minimum absolute atomic E-state index is 0.0268. The molecule has 0 fully saturated rings. The van der Waals surface area contributed by atoms with Crippen LogP contribution in [0.2, 0.25) is 0 Å². The van der Waals surface area contributed by atoms with Gasteiger partial charge in [-0.3, -0.25) is 0 Å². The average Bonchev–Trinajstić information content (AvgIpc) is 2.97. The third-order valence-corrected chi connectivity index (χ3v) is 2.41. The van der Waals surface area contributed by atoms with Crippen molar-refractivity contribution in [2.45, 2.75) is 6.42 Å². The van der Waals surface area contributed by atoms with Crippen LogP contribution in [-0.2, 0) is 6.42 Å². The van der Waals surface area contributed by atoms with Crippen molar-refractivity contribution in [2.24, 2.45) is 0 Å². The van der Waals surface area contributed by atoms with Gasteiger partial charge in [0.2, 0.25) is 5.82 Å². The van der Waals surface area contributed by atoms with Gasteiger partial charge in [0.05, 0.1) is 12.5 Å². The highest BCUT2D eigenvalue weighted by molar-refractivity contribution is 5.74. The maximum Gasteiger partial charge on any atom is 0.216 e. The van der Waals surface area contributed by atoms with Crippen LogP contribution < -0.4 is 5.32 Å². The number of aromatic amines is 1. The summed E-state index contributed by atoms with van der Waals surface area (Å²) in [6, 6.07) is 8.05. The Labute approximate surface area is 113 Å². The minimum Gasteiger partial charge on any atom is -0.360 e. The third-order valence-electron chi connectivity index (χ3n) is 2.41. The van der Waals surface area contributed by atoms with Crippen molar-refractivity contribution in [3.05, 3.63) is 41.6 Å². The fraction of sp³-hybridized carbons (Fsp3) is 0.0833. The van der Waals surface area contributed by atoms with Crippen molar-refractivity contribution in [1.82, 2.24) is 20.6 Å². The SMILES string of the molecule is N#CCc1cc(NC=C(C#N)c2nn[nH]n2)ccc1F. The van der Waals surface area contributed by atoms with E-state index in [0.717, 1.165) is 0 Å². The van der Waals surface area contributed by atoms with Crippen LogP contribution in [-0.4, -0.2) is 20.6 Å². The van der Waals surface area contributed by atoms with E-state index < -0.39 is 5.82 Å². The summed E-state index contributed by atoms with van der Waals surface area (Å²) in [6.45, 7) is 0. The molecule has 0 radical (unpaired) electrons. The molecule has 20 heavy (non-hydrogen) atoms. The summed E-state index contributed by atoms with van der Waals surface area (Å²) in [5, 5.41) is 33.4. The summed E-state index contributed by atoms with van der Waals surface area (Å²) < 4.78 is 13.4. The molecule has 0 bridgehead atoms. The molecule has 8 heteroatoms. The summed E-state index contributed by atoms with van der Waals surface area (Å²) in [5.41, 5.74) is 1.00. The van der Waals surface area contributed by atoms with Crippen LogP contribution in [0, 0.1) is 28.5 Å². The molecule has 1 heterocycles. The molecule has 98 valence electrons. The Bertz CT molecular complexity index is 706. The average molecular weight is 269 g/mol. The first-order valence-corrected chi connectivity index (χ1v) is 5.50. The highest BCUT2D eigenvalue weighted by Crippen LogP contribution is 2.16. The fourth-order valence-electron chi connectivity index (χ4n) is 1.46. The largest absolute Gasteiger partial charge is 0.360 e. The van der Waals surface area contributed by atoms with Gasteiger partial charge in [-0.05, 0) is 23.4 Å². The molecule has 0 spiro atoms. The lowest BCUT2D eigenvalue weighted by Gasteiger charge is -2.04. The Kier molecular flexibility index (Phi) is 4.00. The van der Waals surface area contributed by atoms with E-state index in [1.165, 1.54) is 24.4 Å². The first-order valence-electron chi connectivity index (χ1n) is 5.50. The minimum atomic E-state index is -0.445. The quantitative estimate of drug-likeness (QED) is 0.810. The van der Waals surface area contributed by atoms with Crippen molar-refractivity contribution in [2.75, 3.05) is 5.32 Å². The van der Waals surface area contributed by atoms with E-state index in [1.54, 1.807) is 0 Å². The normalized spacial score (nSPS) is 10.7. The number of benzene rings is 1. The Morgan fingerprint density at radius 2 is 2.30 bits per heavy atom. The van der Waals surface area contributed by atoms with Crippen molar-refractivity contribution >= 4 is 11.3 Å². The Hall–Kier alpha value is -3.26. The number of aromatic nitrogens is 4. The van der Waals surface area contributed by atoms with E-state index in [1.807, 2.05) is 12.1 Å². The molecule has 0 unspecified atom stereocenters. The standard InChI is InChI=1S/C12H8FN7/c13-11-2-1-10(5-8(11)3-4-14)16-7-9(6-15)12-17-19-20-18-12/h1-2,5,7,16H,3H2,(H,17,18,19,20). The molecule has 0 aliphatic rings. The molecule has 0 aliphatic carbocycles. The lowest BCUT2D eigenvalue weighted by molar-refractivity contribution is 0.615. The van der Waals surface area contributed by atoms with E-state index in [2.05, 4.69) is 25.9 Å². The van der Waals surface area contributed by atoms with Crippen LogP contribution >= 0.6 is 0 Å². The zero-order chi connectivity index (χ0) is 14.4. The maximum absolute atomic E-state index is 13.4. The second-order valence-electron chi connectivity index (χ2n) is 3.69. The first-order chi connectivity index (χ1) is 9.74. The Morgan fingerprint density at radius 3 is 2.95 bits per heavy atom. The summed E-state index contributed by atoms with van der Waals surface area (Å²) in [7, 11) is 0. The predicted octanol–water partition coefficient (Wildman–Crippen LogP) is 1.38. The highest BCUT2D eigenvalue weighted by atomic mass is 19.1. The number of nitrogens with zero attached hydrogens (tertiary/aromatic N) is 5. The van der Waals surface area contributed by atoms with Gasteiger partial charge in [0.1, 0.15) is 17.5 Å². The van der Waals surface area contributed by atoms with E-state index >= 15 is 0 Å². The predicted molar refractivity (Wildman–Crippen MR) is 67.1 cm³/mol. The van der Waals surface area contributed by atoms with Gasteiger partial charge in [-0.1, -0.05) is 0 Å². The van der Waals surface area contributed by atoms with Gasteiger partial charge in [-0.2, -0.15) is 15.7 Å². The fourth-order valence-corrected chi connectivity index (χ4v) is 1.46. The molecule has 0 atom stereocenters. The maximum atomic E-state index is 13.4. The summed E-state index contributed by atoms with van der Waals surface area (Å²) in [4.78, 5) is 0. The Balaban J connectivity index is 2.20. The lowest BCUT2D eigenvalue weighted by Crippen LogP contribution is -1.95. The molecule has 0 saturated heterocycles. The van der Waals surface area contributed by atoms with Gasteiger partial charge in [-0.15, -0.1) is 10.2 Å². The van der Waals surface area contributed by atoms with E-state index in [4.69, 9.17) is 10.5 Å². The van der Waals surface area contributed by atoms with Gasteiger partial charge < -0.3 is 5.32 Å². The topological polar surface area (TPSA) is 114 Å². The van der Waals surface area contributed by atoms with Crippen LogP contribution in [0.5, 0.6) is 0 Å². The third kappa shape index (κ3) is 2.94. The Morgan fingerprint density at radius 1 is 1.45 bits per heavy atom. The number of H-pyrrole nitrogens is 1. The molecule has 0 aliphatic heterocycles. The number of tetrazole rings is 1. The number of nitrogens with one attached hydrogen (secondary N) is 2. The first kappa shape index (κ1) is 13.2. The van der Waals surface area contributed by atoms with Crippen LogP contribution in [0.1, 0.15) is 11.4 Å². The number of allylic oxidation sites excluding steroid dienone is 1. The van der Waals surface area contributed by atoms with Crippen LogP contribution in [0.3, 0.4) is 0 Å². The monoisotopic (exact) mass is 269 g/mol. The lowest BCUT2D eigenvalue weighted by atomic mass is 10.1. The van der Waals surface area contributed by atoms with Crippen molar-refractivity contribution < 1.29 is 4.39 Å². The molecular formula is C12H8FN7. The van der Waals surface area contributed by atoms with Gasteiger partial charge >= 0.3 is 0 Å². The number of hydrogen-bond donors (Lipinski definition) is 2.